The van der Waals surface area contributed by atoms with Gasteiger partial charge in [0.2, 0.25) is 0 Å². The molecule has 0 aliphatic carbocycles. The van der Waals surface area contributed by atoms with Crippen LogP contribution in [0.2, 0.25) is 0 Å². The fourth-order valence-corrected chi connectivity index (χ4v) is 1.71. The second-order valence-corrected chi connectivity index (χ2v) is 4.06. The van der Waals surface area contributed by atoms with Gasteiger partial charge in [-0.05, 0) is 18.6 Å². The Hall–Kier alpha value is -0.630. The van der Waals surface area contributed by atoms with E-state index in [0.717, 1.165) is 19.3 Å². The van der Waals surface area contributed by atoms with Crippen LogP contribution in [-0.4, -0.2) is 6.61 Å². The molecule has 0 heterocycles. The number of hydrogen-bond acceptors (Lipinski definition) is 3. The van der Waals surface area contributed by atoms with Gasteiger partial charge in [0.1, 0.15) is 14.4 Å². The average Bonchev–Trinajstić information content (AvgIpc) is 2.26. The Morgan fingerprint density at radius 3 is 2.60 bits per heavy atom. The predicted octanol–water partition coefficient (Wildman–Crippen LogP) is 2.86. The molecule has 0 radical (unpaired) electrons. The molecule has 4 heteroatoms. The zero-order chi connectivity index (χ0) is 10.9. The largest absolute Gasteiger partial charge is 0.776 e. The molecule has 15 heavy (non-hydrogen) atoms. The van der Waals surface area contributed by atoms with Gasteiger partial charge in [0.15, 0.2) is 0 Å². The first-order valence-electron chi connectivity index (χ1n) is 5.16. The van der Waals surface area contributed by atoms with Crippen LogP contribution in [0.5, 0.6) is 5.75 Å². The Balaban J connectivity index is 2.16. The first-order chi connectivity index (χ1) is 7.33. The van der Waals surface area contributed by atoms with E-state index >= 15 is 0 Å². The summed E-state index contributed by atoms with van der Waals surface area (Å²) >= 11 is 0. The lowest BCUT2D eigenvalue weighted by Gasteiger charge is -2.22. The van der Waals surface area contributed by atoms with E-state index in [1.165, 1.54) is 0 Å². The summed E-state index contributed by atoms with van der Waals surface area (Å²) in [6, 6.07) is 9.04. The molecule has 0 N–H and O–H groups in total. The molecule has 0 bridgehead atoms. The minimum Gasteiger partial charge on any atom is -0.776 e. The van der Waals surface area contributed by atoms with E-state index in [1.54, 1.807) is 12.1 Å². The van der Waals surface area contributed by atoms with Crippen LogP contribution in [0.15, 0.2) is 30.3 Å². The quantitative estimate of drug-likeness (QED) is 0.531. The van der Waals surface area contributed by atoms with Crippen LogP contribution in [-0.2, 0) is 4.52 Å². The molecule has 1 unspecified atom stereocenters. The zero-order valence-electron chi connectivity index (χ0n) is 8.89. The third-order valence-corrected chi connectivity index (χ3v) is 2.62. The number of hydrogen-bond donors (Lipinski definition) is 0. The van der Waals surface area contributed by atoms with Crippen molar-refractivity contribution in [1.82, 2.24) is 0 Å². The number of para-hydroxylation sites is 1. The van der Waals surface area contributed by atoms with E-state index in [9.17, 15) is 4.89 Å². The molecule has 0 aliphatic heterocycles. The molecular weight excluding hydrogens is 211 g/mol. The van der Waals surface area contributed by atoms with Crippen LogP contribution in [0.1, 0.15) is 26.2 Å². The molecule has 0 aliphatic rings. The highest BCUT2D eigenvalue weighted by molar-refractivity contribution is 7.39. The van der Waals surface area contributed by atoms with Gasteiger partial charge in [0.25, 0.3) is 0 Å². The van der Waals surface area contributed by atoms with Crippen LogP contribution in [0, 0.1) is 0 Å². The minimum absolute atomic E-state index is 0.496. The summed E-state index contributed by atoms with van der Waals surface area (Å²) in [5, 5.41) is 0. The van der Waals surface area contributed by atoms with Crippen molar-refractivity contribution in [3.8, 4) is 5.75 Å². The van der Waals surface area contributed by atoms with Gasteiger partial charge in [-0.15, -0.1) is 0 Å². The fourth-order valence-electron chi connectivity index (χ4n) is 1.08. The highest BCUT2D eigenvalue weighted by Crippen LogP contribution is 2.30. The van der Waals surface area contributed by atoms with Crippen molar-refractivity contribution in [1.29, 1.82) is 0 Å². The third kappa shape index (κ3) is 5.73. The van der Waals surface area contributed by atoms with E-state index < -0.39 is 8.60 Å². The van der Waals surface area contributed by atoms with Crippen LogP contribution in [0.4, 0.5) is 0 Å². The topological polar surface area (TPSA) is 41.5 Å². The van der Waals surface area contributed by atoms with Crippen molar-refractivity contribution in [2.75, 3.05) is 6.61 Å². The highest BCUT2D eigenvalue weighted by atomic mass is 31.2. The Morgan fingerprint density at radius 2 is 1.93 bits per heavy atom. The molecule has 3 nitrogen and oxygen atoms in total. The fraction of sp³-hybridized carbons (Fsp3) is 0.455. The average molecular weight is 227 g/mol. The monoisotopic (exact) mass is 227 g/mol. The van der Waals surface area contributed by atoms with Gasteiger partial charge in [-0.3, -0.25) is 0 Å². The molecule has 1 aromatic rings. The summed E-state index contributed by atoms with van der Waals surface area (Å²) in [5.41, 5.74) is 0. The normalized spacial score (nSPS) is 12.4. The molecule has 1 atom stereocenters. The first-order valence-corrected chi connectivity index (χ1v) is 6.25. The Bertz CT molecular complexity index is 253. The van der Waals surface area contributed by atoms with E-state index in [1.807, 2.05) is 18.2 Å². The van der Waals surface area contributed by atoms with Gasteiger partial charge in [-0.2, -0.15) is 0 Å². The molecule has 0 spiro atoms. The van der Waals surface area contributed by atoms with Gasteiger partial charge in [-0.1, -0.05) is 38.0 Å². The van der Waals surface area contributed by atoms with Gasteiger partial charge >= 0.3 is 0 Å². The standard InChI is InChI=1S/C11H16O3P/c1-2-3-7-10-13-15(12)14-11-8-5-4-6-9-11/h4-6,8-9H,2-3,7,10H2,1H3/q-1. The van der Waals surface area contributed by atoms with E-state index in [4.69, 9.17) is 9.05 Å². The van der Waals surface area contributed by atoms with E-state index in [-0.39, 0.29) is 0 Å². The maximum atomic E-state index is 11.3. The number of rotatable bonds is 7. The van der Waals surface area contributed by atoms with Crippen LogP contribution in [0.25, 0.3) is 0 Å². The van der Waals surface area contributed by atoms with Crippen molar-refractivity contribution in [3.63, 3.8) is 0 Å². The van der Waals surface area contributed by atoms with Crippen molar-refractivity contribution in [2.24, 2.45) is 0 Å². The summed E-state index contributed by atoms with van der Waals surface area (Å²) < 4.78 is 10.1. The molecule has 0 aromatic heterocycles. The summed E-state index contributed by atoms with van der Waals surface area (Å²) in [6.45, 7) is 2.61. The van der Waals surface area contributed by atoms with E-state index in [2.05, 4.69) is 6.92 Å². The van der Waals surface area contributed by atoms with Gasteiger partial charge < -0.3 is 13.9 Å². The molecule has 0 saturated heterocycles. The van der Waals surface area contributed by atoms with Crippen molar-refractivity contribution < 1.29 is 13.9 Å². The van der Waals surface area contributed by atoms with Crippen LogP contribution in [0.3, 0.4) is 0 Å². The molecule has 84 valence electrons. The predicted molar refractivity (Wildman–Crippen MR) is 59.5 cm³/mol. The summed E-state index contributed by atoms with van der Waals surface area (Å²) in [5.74, 6) is 0.578. The number of benzene rings is 1. The summed E-state index contributed by atoms with van der Waals surface area (Å²) in [6.07, 6.45) is 3.14. The maximum Gasteiger partial charge on any atom is 0.147 e. The molecule has 1 rings (SSSR count). The highest BCUT2D eigenvalue weighted by Gasteiger charge is 1.97. The summed E-state index contributed by atoms with van der Waals surface area (Å²) in [4.78, 5) is 11.3. The van der Waals surface area contributed by atoms with Crippen LogP contribution < -0.4 is 9.42 Å². The minimum atomic E-state index is -2.02. The van der Waals surface area contributed by atoms with Crippen molar-refractivity contribution in [2.45, 2.75) is 26.2 Å². The lowest BCUT2D eigenvalue weighted by Crippen LogP contribution is -2.06. The molecule has 0 fully saturated rings. The second-order valence-electron chi connectivity index (χ2n) is 3.17. The smallest absolute Gasteiger partial charge is 0.147 e. The molecular formula is C11H16O3P-. The molecule has 0 saturated carbocycles. The van der Waals surface area contributed by atoms with Crippen molar-refractivity contribution >= 4 is 8.60 Å². The molecule has 1 aromatic carbocycles. The Kier molecular flexibility index (Phi) is 6.33. The van der Waals surface area contributed by atoms with E-state index in [0.29, 0.717) is 12.4 Å². The first kappa shape index (κ1) is 12.4. The lowest BCUT2D eigenvalue weighted by molar-refractivity contribution is -0.196. The third-order valence-electron chi connectivity index (χ3n) is 1.87. The van der Waals surface area contributed by atoms with Crippen molar-refractivity contribution in [3.05, 3.63) is 30.3 Å². The van der Waals surface area contributed by atoms with Gasteiger partial charge in [0, 0.05) is 0 Å². The zero-order valence-corrected chi connectivity index (χ0v) is 9.78. The van der Waals surface area contributed by atoms with Gasteiger partial charge in [0.05, 0.1) is 6.61 Å². The Morgan fingerprint density at radius 1 is 1.20 bits per heavy atom. The Labute approximate surface area is 92.0 Å². The summed E-state index contributed by atoms with van der Waals surface area (Å²) in [7, 11) is -2.02. The SMILES string of the molecule is CCCCCOP([O-])Oc1ccccc1. The second kappa shape index (κ2) is 7.63. The number of unbranched alkanes of at least 4 members (excludes halogenated alkanes) is 2. The maximum absolute atomic E-state index is 11.3. The van der Waals surface area contributed by atoms with Gasteiger partial charge in [-0.25, -0.2) is 0 Å². The lowest BCUT2D eigenvalue weighted by atomic mass is 10.3. The molecule has 0 amide bonds. The van der Waals surface area contributed by atoms with Crippen LogP contribution >= 0.6 is 8.60 Å².